The lowest BCUT2D eigenvalue weighted by molar-refractivity contribution is -0.777. The molecule has 1 heterocycles. The summed E-state index contributed by atoms with van der Waals surface area (Å²) in [6.07, 6.45) is 2.04. The lowest BCUT2D eigenvalue weighted by atomic mass is 9.82. The number of nitrogens with zero attached hydrogens (tertiary/aromatic N) is 1. The van der Waals surface area contributed by atoms with Gasteiger partial charge >= 0.3 is 0 Å². The topological polar surface area (TPSA) is 44.5 Å². The molecule has 1 aromatic rings. The van der Waals surface area contributed by atoms with E-state index in [1.165, 1.54) is 17.0 Å². The second-order valence-corrected chi connectivity index (χ2v) is 6.32. The highest BCUT2D eigenvalue weighted by Gasteiger charge is 2.42. The van der Waals surface area contributed by atoms with E-state index >= 15 is 0 Å². The molecule has 0 unspecified atom stereocenters. The highest BCUT2D eigenvalue weighted by Crippen LogP contribution is 2.39. The summed E-state index contributed by atoms with van der Waals surface area (Å²) in [6, 6.07) is 8.61. The molecule has 0 aromatic heterocycles. The summed E-state index contributed by atoms with van der Waals surface area (Å²) in [5.41, 5.74) is 4.22. The minimum atomic E-state index is 0.102. The Morgan fingerprint density at radius 3 is 2.75 bits per heavy atom. The van der Waals surface area contributed by atoms with Crippen LogP contribution in [0.4, 0.5) is 5.69 Å². The predicted molar refractivity (Wildman–Crippen MR) is 78.8 cm³/mol. The molecule has 0 aliphatic carbocycles. The predicted octanol–water partition coefficient (Wildman–Crippen LogP) is 2.73. The molecular formula is C15H21NO3S. The molecule has 0 spiro atoms. The Balaban J connectivity index is 1.99. The van der Waals surface area contributed by atoms with Gasteiger partial charge < -0.3 is 5.26 Å². The molecule has 2 rings (SSSR count). The van der Waals surface area contributed by atoms with Crippen molar-refractivity contribution in [3.05, 3.63) is 29.8 Å². The van der Waals surface area contributed by atoms with Crippen LogP contribution in [0, 0.1) is 0 Å². The third-order valence-corrected chi connectivity index (χ3v) is 4.72. The van der Waals surface area contributed by atoms with Crippen LogP contribution in [0.3, 0.4) is 0 Å². The fourth-order valence-electron chi connectivity index (χ4n) is 2.72. The minimum Gasteiger partial charge on any atom is -0.691 e. The van der Waals surface area contributed by atoms with Gasteiger partial charge in [-0.3, -0.25) is 5.04 Å². The van der Waals surface area contributed by atoms with Crippen molar-refractivity contribution in [2.45, 2.75) is 39.0 Å². The Hall–Kier alpha value is -0.880. The van der Waals surface area contributed by atoms with Gasteiger partial charge in [-0.2, -0.15) is 8.91 Å². The van der Waals surface area contributed by atoms with Gasteiger partial charge in [0, 0.05) is 42.8 Å². The van der Waals surface area contributed by atoms with Gasteiger partial charge in [-0.15, -0.1) is 0 Å². The molecule has 0 bridgehead atoms. The molecule has 0 saturated heterocycles. The van der Waals surface area contributed by atoms with Crippen LogP contribution in [0.15, 0.2) is 24.3 Å². The monoisotopic (exact) mass is 295 g/mol. The molecule has 1 aliphatic rings. The number of rotatable bonds is 7. The molecule has 1 aromatic carbocycles. The summed E-state index contributed by atoms with van der Waals surface area (Å²) in [5, 5.41) is 13.0. The number of hydrogen-bond acceptors (Lipinski definition) is 4. The highest BCUT2D eigenvalue weighted by molar-refractivity contribution is 7.94. The zero-order valence-electron chi connectivity index (χ0n) is 12.2. The third-order valence-electron chi connectivity index (χ3n) is 4.11. The van der Waals surface area contributed by atoms with Gasteiger partial charge in [-0.1, -0.05) is 18.2 Å². The first-order valence-electron chi connectivity index (χ1n) is 6.88. The minimum absolute atomic E-state index is 0.102. The van der Waals surface area contributed by atoms with E-state index in [2.05, 4.69) is 59.0 Å². The summed E-state index contributed by atoms with van der Waals surface area (Å²) in [6.45, 7) is 7.75. The molecular weight excluding hydrogens is 274 g/mol. The van der Waals surface area contributed by atoms with Crippen LogP contribution < -0.4 is 5.26 Å². The number of fused-ring (bicyclic) bond motifs is 1. The molecule has 0 amide bonds. The molecule has 4 nitrogen and oxygen atoms in total. The largest absolute Gasteiger partial charge is 0.691 e. The number of benzene rings is 1. The average Bonchev–Trinajstić information content (AvgIpc) is 2.64. The normalized spacial score (nSPS) is 16.6. The van der Waals surface area contributed by atoms with E-state index in [0.717, 1.165) is 37.2 Å². The summed E-state index contributed by atoms with van der Waals surface area (Å²) >= 11 is 1.06. The van der Waals surface area contributed by atoms with Crippen LogP contribution in [0.1, 0.15) is 39.2 Å². The molecule has 0 radical (unpaired) electrons. The van der Waals surface area contributed by atoms with E-state index in [9.17, 15) is 5.26 Å². The van der Waals surface area contributed by atoms with Crippen LogP contribution in [-0.2, 0) is 14.8 Å². The van der Waals surface area contributed by atoms with Crippen molar-refractivity contribution in [1.82, 2.24) is 0 Å². The first kappa shape index (κ1) is 15.5. The first-order chi connectivity index (χ1) is 9.59. The van der Waals surface area contributed by atoms with Crippen LogP contribution >= 0.6 is 12.0 Å². The van der Waals surface area contributed by atoms with E-state index in [0.29, 0.717) is 0 Å². The van der Waals surface area contributed by atoms with Crippen molar-refractivity contribution < 1.29 is 19.2 Å². The second kappa shape index (κ2) is 6.72. The molecule has 5 heteroatoms. The Morgan fingerprint density at radius 1 is 1.25 bits per heavy atom. The van der Waals surface area contributed by atoms with E-state index in [-0.39, 0.29) is 5.41 Å². The Morgan fingerprint density at radius 2 is 2.00 bits per heavy atom. The second-order valence-electron chi connectivity index (χ2n) is 5.54. The van der Waals surface area contributed by atoms with Gasteiger partial charge in [0.2, 0.25) is 5.69 Å². The van der Waals surface area contributed by atoms with Gasteiger partial charge in [-0.25, -0.2) is 0 Å². The Labute approximate surface area is 124 Å². The fourth-order valence-corrected chi connectivity index (χ4v) is 3.15. The zero-order valence-corrected chi connectivity index (χ0v) is 13.0. The number of hydrogen-bond donors (Lipinski definition) is 0. The molecule has 0 atom stereocenters. The fraction of sp³-hybridized carbons (Fsp3) is 0.533. The molecule has 20 heavy (non-hydrogen) atoms. The third kappa shape index (κ3) is 3.06. The van der Waals surface area contributed by atoms with Crippen molar-refractivity contribution in [2.75, 3.05) is 12.3 Å². The lowest BCUT2D eigenvalue weighted by Crippen LogP contribution is -2.26. The van der Waals surface area contributed by atoms with Crippen LogP contribution in [0.5, 0.6) is 0 Å². The molecule has 0 saturated carbocycles. The SMILES string of the molecule is CC1=[N+](CCCCSOO[O-])c2ccccc2C1(C)C. The van der Waals surface area contributed by atoms with Gasteiger partial charge in [0.15, 0.2) is 5.71 Å². The summed E-state index contributed by atoms with van der Waals surface area (Å²) in [5.74, 6) is 0.764. The van der Waals surface area contributed by atoms with Gasteiger partial charge in [0.1, 0.15) is 6.54 Å². The molecule has 110 valence electrons. The molecule has 0 fully saturated rings. The maximum Gasteiger partial charge on any atom is 0.209 e. The smallest absolute Gasteiger partial charge is 0.209 e. The Bertz CT molecular complexity index is 500. The van der Waals surface area contributed by atoms with E-state index in [1.54, 1.807) is 0 Å². The van der Waals surface area contributed by atoms with Crippen molar-refractivity contribution in [1.29, 1.82) is 0 Å². The standard InChI is InChI=1S/C15H21NO3S/c1-12-15(2,3)13-8-4-5-9-14(13)16(12)10-6-7-11-20-19-18-17/h4-5,8-9H,6-7,10-11H2,1-3H3. The van der Waals surface area contributed by atoms with Crippen molar-refractivity contribution >= 4 is 23.4 Å². The van der Waals surface area contributed by atoms with Crippen LogP contribution in [0.25, 0.3) is 0 Å². The van der Waals surface area contributed by atoms with E-state index < -0.39 is 0 Å². The first-order valence-corrected chi connectivity index (χ1v) is 7.79. The maximum absolute atomic E-state index is 9.67. The number of para-hydroxylation sites is 1. The van der Waals surface area contributed by atoms with Crippen LogP contribution in [0.2, 0.25) is 0 Å². The van der Waals surface area contributed by atoms with Crippen molar-refractivity contribution in [3.63, 3.8) is 0 Å². The summed E-state index contributed by atoms with van der Waals surface area (Å²) in [4.78, 5) is 0. The maximum atomic E-state index is 9.67. The Kier molecular flexibility index (Phi) is 5.21. The number of unbranched alkanes of at least 4 members (excludes halogenated alkanes) is 1. The van der Waals surface area contributed by atoms with Crippen molar-refractivity contribution in [2.24, 2.45) is 0 Å². The quantitative estimate of drug-likeness (QED) is 0.255. The highest BCUT2D eigenvalue weighted by atomic mass is 32.2. The van der Waals surface area contributed by atoms with Crippen LogP contribution in [-0.4, -0.2) is 22.6 Å². The molecule has 1 aliphatic heterocycles. The van der Waals surface area contributed by atoms with Gasteiger partial charge in [0.05, 0.1) is 5.41 Å². The van der Waals surface area contributed by atoms with Gasteiger partial charge in [0.25, 0.3) is 0 Å². The lowest BCUT2D eigenvalue weighted by Gasteiger charge is -2.14. The molecule has 0 N–H and O–H groups in total. The van der Waals surface area contributed by atoms with Gasteiger partial charge in [-0.05, 0) is 20.3 Å². The summed E-state index contributed by atoms with van der Waals surface area (Å²) < 4.78 is 6.67. The average molecular weight is 295 g/mol. The summed E-state index contributed by atoms with van der Waals surface area (Å²) in [7, 11) is 0. The van der Waals surface area contributed by atoms with E-state index in [1.807, 2.05) is 0 Å². The zero-order chi connectivity index (χ0) is 14.6. The van der Waals surface area contributed by atoms with Crippen molar-refractivity contribution in [3.8, 4) is 0 Å². The van der Waals surface area contributed by atoms with E-state index in [4.69, 9.17) is 0 Å².